The van der Waals surface area contributed by atoms with Gasteiger partial charge in [-0.15, -0.1) is 0 Å². The molecule has 15 heavy (non-hydrogen) atoms. The minimum Gasteiger partial charge on any atom is -0.497 e. The number of ether oxygens (including phenoxy) is 1. The van der Waals surface area contributed by atoms with Crippen LogP contribution in [0.5, 0.6) is 5.75 Å². The molecule has 0 aliphatic rings. The van der Waals surface area contributed by atoms with Crippen molar-refractivity contribution in [1.29, 1.82) is 0 Å². The van der Waals surface area contributed by atoms with Crippen molar-refractivity contribution in [1.82, 2.24) is 0 Å². The Morgan fingerprint density at radius 3 is 2.67 bits per heavy atom. The highest BCUT2D eigenvalue weighted by molar-refractivity contribution is 5.54. The van der Waals surface area contributed by atoms with E-state index in [0.717, 1.165) is 24.0 Å². The molecule has 0 aromatic heterocycles. The number of methoxy groups -OCH3 is 1. The zero-order chi connectivity index (χ0) is 11.3. The summed E-state index contributed by atoms with van der Waals surface area (Å²) in [7, 11) is 1.65. The van der Waals surface area contributed by atoms with E-state index in [-0.39, 0.29) is 5.92 Å². The molecule has 0 fully saturated rings. The number of carbonyl (C=O) groups is 1. The Balaban J connectivity index is 2.74. The molecule has 0 saturated carbocycles. The summed E-state index contributed by atoms with van der Waals surface area (Å²) in [5, 5.41) is 0. The first-order valence-electron chi connectivity index (χ1n) is 5.25. The molecule has 0 amide bonds. The Bertz CT molecular complexity index is 318. The molecular formula is C13H18O2. The van der Waals surface area contributed by atoms with Gasteiger partial charge in [-0.25, -0.2) is 0 Å². The molecule has 0 radical (unpaired) electrons. The molecule has 0 saturated heterocycles. The minimum absolute atomic E-state index is 0.0945. The Morgan fingerprint density at radius 2 is 2.13 bits per heavy atom. The number of hydrogen-bond donors (Lipinski definition) is 0. The third-order valence-corrected chi connectivity index (χ3v) is 2.64. The summed E-state index contributed by atoms with van der Waals surface area (Å²) in [6, 6.07) is 7.88. The molecular weight excluding hydrogens is 188 g/mol. The van der Waals surface area contributed by atoms with Crippen LogP contribution in [0.2, 0.25) is 0 Å². The van der Waals surface area contributed by atoms with Crippen LogP contribution in [0, 0.1) is 11.8 Å². The first-order chi connectivity index (χ1) is 7.17. The Labute approximate surface area is 91.3 Å². The highest BCUT2D eigenvalue weighted by atomic mass is 16.5. The van der Waals surface area contributed by atoms with Crippen molar-refractivity contribution in [2.75, 3.05) is 7.11 Å². The van der Waals surface area contributed by atoms with Crippen LogP contribution in [0.1, 0.15) is 19.4 Å². The Kier molecular flexibility index (Phi) is 4.35. The molecule has 1 atom stereocenters. The van der Waals surface area contributed by atoms with Gasteiger partial charge in [0.15, 0.2) is 0 Å². The molecule has 0 aliphatic carbocycles. The van der Waals surface area contributed by atoms with Crippen LogP contribution < -0.4 is 4.74 Å². The SMILES string of the molecule is COc1cccc(CC(C=O)C(C)C)c1. The minimum atomic E-state index is 0.0945. The van der Waals surface area contributed by atoms with Gasteiger partial charge in [0.2, 0.25) is 0 Å². The lowest BCUT2D eigenvalue weighted by Gasteiger charge is -2.14. The fraction of sp³-hybridized carbons (Fsp3) is 0.462. The second-order valence-corrected chi connectivity index (χ2v) is 4.10. The van der Waals surface area contributed by atoms with Crippen LogP contribution in [-0.2, 0) is 11.2 Å². The second-order valence-electron chi connectivity index (χ2n) is 4.10. The lowest BCUT2D eigenvalue weighted by Crippen LogP contribution is -2.13. The molecule has 82 valence electrons. The van der Waals surface area contributed by atoms with E-state index < -0.39 is 0 Å². The van der Waals surface area contributed by atoms with Gasteiger partial charge in [0.1, 0.15) is 12.0 Å². The normalized spacial score (nSPS) is 12.5. The van der Waals surface area contributed by atoms with Crippen molar-refractivity contribution in [3.63, 3.8) is 0 Å². The van der Waals surface area contributed by atoms with E-state index in [0.29, 0.717) is 5.92 Å². The first kappa shape index (κ1) is 11.8. The molecule has 0 heterocycles. The predicted octanol–water partition coefficient (Wildman–Crippen LogP) is 2.71. The van der Waals surface area contributed by atoms with Crippen molar-refractivity contribution in [3.05, 3.63) is 29.8 Å². The monoisotopic (exact) mass is 206 g/mol. The van der Waals surface area contributed by atoms with Crippen LogP contribution in [-0.4, -0.2) is 13.4 Å². The van der Waals surface area contributed by atoms with Crippen LogP contribution >= 0.6 is 0 Å². The van der Waals surface area contributed by atoms with Crippen LogP contribution in [0.3, 0.4) is 0 Å². The second kappa shape index (κ2) is 5.54. The standard InChI is InChI=1S/C13H18O2/c1-10(2)12(9-14)7-11-5-4-6-13(8-11)15-3/h4-6,8-10,12H,7H2,1-3H3. The van der Waals surface area contributed by atoms with Crippen molar-refractivity contribution in [3.8, 4) is 5.75 Å². The maximum absolute atomic E-state index is 10.9. The molecule has 2 nitrogen and oxygen atoms in total. The summed E-state index contributed by atoms with van der Waals surface area (Å²) < 4.78 is 5.14. The Hall–Kier alpha value is -1.31. The van der Waals surface area contributed by atoms with Gasteiger partial charge in [0.25, 0.3) is 0 Å². The third-order valence-electron chi connectivity index (χ3n) is 2.64. The average molecular weight is 206 g/mol. The zero-order valence-electron chi connectivity index (χ0n) is 9.57. The third kappa shape index (κ3) is 3.39. The van der Waals surface area contributed by atoms with E-state index in [4.69, 9.17) is 4.74 Å². The molecule has 0 N–H and O–H groups in total. The maximum atomic E-state index is 10.9. The summed E-state index contributed by atoms with van der Waals surface area (Å²) in [5.41, 5.74) is 1.15. The quantitative estimate of drug-likeness (QED) is 0.692. The van der Waals surface area contributed by atoms with Gasteiger partial charge in [-0.1, -0.05) is 26.0 Å². The van der Waals surface area contributed by atoms with Crippen LogP contribution in [0.15, 0.2) is 24.3 Å². The average Bonchev–Trinajstić information content (AvgIpc) is 2.25. The number of carbonyl (C=O) groups excluding carboxylic acids is 1. The fourth-order valence-electron chi connectivity index (χ4n) is 1.51. The van der Waals surface area contributed by atoms with E-state index in [1.54, 1.807) is 7.11 Å². The molecule has 0 spiro atoms. The summed E-state index contributed by atoms with van der Waals surface area (Å²) in [5.74, 6) is 1.33. The summed E-state index contributed by atoms with van der Waals surface area (Å²) >= 11 is 0. The van der Waals surface area contributed by atoms with Gasteiger partial charge in [-0.2, -0.15) is 0 Å². The smallest absolute Gasteiger partial charge is 0.123 e. The lowest BCUT2D eigenvalue weighted by atomic mass is 9.90. The highest BCUT2D eigenvalue weighted by Crippen LogP contribution is 2.18. The number of benzene rings is 1. The highest BCUT2D eigenvalue weighted by Gasteiger charge is 2.12. The fourth-order valence-corrected chi connectivity index (χ4v) is 1.51. The summed E-state index contributed by atoms with van der Waals surface area (Å²) in [6.45, 7) is 4.14. The number of aldehydes is 1. The largest absolute Gasteiger partial charge is 0.497 e. The first-order valence-corrected chi connectivity index (χ1v) is 5.25. The van der Waals surface area contributed by atoms with Gasteiger partial charge < -0.3 is 9.53 Å². The molecule has 2 heteroatoms. The molecule has 0 aliphatic heterocycles. The van der Waals surface area contributed by atoms with Gasteiger partial charge in [0, 0.05) is 5.92 Å². The Morgan fingerprint density at radius 1 is 1.40 bits per heavy atom. The van der Waals surface area contributed by atoms with Gasteiger partial charge in [-0.05, 0) is 30.0 Å². The van der Waals surface area contributed by atoms with E-state index in [9.17, 15) is 4.79 Å². The number of rotatable bonds is 5. The zero-order valence-corrected chi connectivity index (χ0v) is 9.57. The van der Waals surface area contributed by atoms with Crippen molar-refractivity contribution in [2.45, 2.75) is 20.3 Å². The number of hydrogen-bond acceptors (Lipinski definition) is 2. The van der Waals surface area contributed by atoms with Crippen molar-refractivity contribution in [2.24, 2.45) is 11.8 Å². The van der Waals surface area contributed by atoms with Gasteiger partial charge >= 0.3 is 0 Å². The van der Waals surface area contributed by atoms with Gasteiger partial charge in [0.05, 0.1) is 7.11 Å². The van der Waals surface area contributed by atoms with E-state index >= 15 is 0 Å². The summed E-state index contributed by atoms with van der Waals surface area (Å²) in [4.78, 5) is 10.9. The predicted molar refractivity (Wildman–Crippen MR) is 61.1 cm³/mol. The molecule has 1 aromatic carbocycles. The van der Waals surface area contributed by atoms with E-state index in [1.165, 1.54) is 0 Å². The van der Waals surface area contributed by atoms with E-state index in [2.05, 4.69) is 13.8 Å². The van der Waals surface area contributed by atoms with Crippen molar-refractivity contribution < 1.29 is 9.53 Å². The molecule has 1 unspecified atom stereocenters. The maximum Gasteiger partial charge on any atom is 0.123 e. The van der Waals surface area contributed by atoms with Crippen LogP contribution in [0.25, 0.3) is 0 Å². The molecule has 0 bridgehead atoms. The van der Waals surface area contributed by atoms with E-state index in [1.807, 2.05) is 24.3 Å². The van der Waals surface area contributed by atoms with Gasteiger partial charge in [-0.3, -0.25) is 0 Å². The lowest BCUT2D eigenvalue weighted by molar-refractivity contribution is -0.112. The van der Waals surface area contributed by atoms with Crippen LogP contribution in [0.4, 0.5) is 0 Å². The van der Waals surface area contributed by atoms with Crippen molar-refractivity contribution >= 4 is 6.29 Å². The topological polar surface area (TPSA) is 26.3 Å². The molecule has 1 aromatic rings. The summed E-state index contributed by atoms with van der Waals surface area (Å²) in [6.07, 6.45) is 1.84. The molecule has 1 rings (SSSR count).